The van der Waals surface area contributed by atoms with Gasteiger partial charge in [-0.1, -0.05) is 6.92 Å². The lowest BCUT2D eigenvalue weighted by Crippen LogP contribution is -2.38. The van der Waals surface area contributed by atoms with Crippen LogP contribution in [0, 0.1) is 11.7 Å². The van der Waals surface area contributed by atoms with Gasteiger partial charge in [0, 0.05) is 43.3 Å². The van der Waals surface area contributed by atoms with Crippen LogP contribution in [0.1, 0.15) is 25.8 Å². The third-order valence-electron chi connectivity index (χ3n) is 5.09. The largest absolute Gasteiger partial charge is 0.361 e. The van der Waals surface area contributed by atoms with E-state index >= 15 is 0 Å². The predicted octanol–water partition coefficient (Wildman–Crippen LogP) is 2.75. The number of aromatic nitrogens is 1. The Morgan fingerprint density at radius 1 is 1.35 bits per heavy atom. The van der Waals surface area contributed by atoms with Crippen LogP contribution in [-0.2, 0) is 6.42 Å². The Kier molecular flexibility index (Phi) is 6.50. The Morgan fingerprint density at radius 2 is 2.23 bits per heavy atom. The number of hydrogen-bond acceptors (Lipinski definition) is 2. The monoisotopic (exact) mass is 359 g/mol. The zero-order chi connectivity index (χ0) is 18.4. The van der Waals surface area contributed by atoms with Crippen molar-refractivity contribution in [1.82, 2.24) is 20.5 Å². The maximum Gasteiger partial charge on any atom is 0.191 e. The van der Waals surface area contributed by atoms with Crippen molar-refractivity contribution in [3.05, 3.63) is 35.8 Å². The average Bonchev–Trinajstić information content (AvgIpc) is 3.26. The van der Waals surface area contributed by atoms with Crippen molar-refractivity contribution >= 4 is 16.9 Å². The highest BCUT2D eigenvalue weighted by Crippen LogP contribution is 2.19. The molecular formula is C20H30FN5. The Morgan fingerprint density at radius 3 is 3.00 bits per heavy atom. The summed E-state index contributed by atoms with van der Waals surface area (Å²) in [5, 5.41) is 7.83. The van der Waals surface area contributed by atoms with Crippen molar-refractivity contribution in [3.8, 4) is 0 Å². The number of aliphatic imine (C=N–C) groups is 1. The fourth-order valence-corrected chi connectivity index (χ4v) is 3.59. The van der Waals surface area contributed by atoms with Crippen molar-refractivity contribution in [2.45, 2.75) is 26.7 Å². The molecule has 1 aromatic carbocycles. The van der Waals surface area contributed by atoms with E-state index < -0.39 is 0 Å². The molecule has 1 aliphatic heterocycles. The van der Waals surface area contributed by atoms with E-state index in [1.54, 1.807) is 6.07 Å². The van der Waals surface area contributed by atoms with E-state index in [1.807, 2.05) is 12.3 Å². The van der Waals surface area contributed by atoms with Crippen molar-refractivity contribution in [1.29, 1.82) is 0 Å². The zero-order valence-corrected chi connectivity index (χ0v) is 15.8. The fraction of sp³-hybridized carbons (Fsp3) is 0.550. The van der Waals surface area contributed by atoms with Crippen LogP contribution in [0.2, 0.25) is 0 Å². The number of rotatable bonds is 7. The van der Waals surface area contributed by atoms with Gasteiger partial charge in [0.2, 0.25) is 0 Å². The lowest BCUT2D eigenvalue weighted by molar-refractivity contribution is 0.343. The second kappa shape index (κ2) is 9.03. The number of nitrogens with one attached hydrogen (secondary N) is 3. The molecule has 3 rings (SSSR count). The predicted molar refractivity (Wildman–Crippen MR) is 106 cm³/mol. The summed E-state index contributed by atoms with van der Waals surface area (Å²) in [5.74, 6) is 1.33. The maximum atomic E-state index is 13.3. The fourth-order valence-electron chi connectivity index (χ4n) is 3.59. The van der Waals surface area contributed by atoms with E-state index in [4.69, 9.17) is 4.99 Å². The molecule has 1 saturated heterocycles. The Balaban J connectivity index is 1.52. The van der Waals surface area contributed by atoms with Gasteiger partial charge in [-0.3, -0.25) is 4.99 Å². The molecule has 5 nitrogen and oxygen atoms in total. The summed E-state index contributed by atoms with van der Waals surface area (Å²) in [5.41, 5.74) is 2.04. The van der Waals surface area contributed by atoms with Crippen LogP contribution in [0.5, 0.6) is 0 Å². The number of halogens is 1. The van der Waals surface area contributed by atoms with Crippen LogP contribution in [-0.4, -0.2) is 55.1 Å². The van der Waals surface area contributed by atoms with Gasteiger partial charge in [-0.05, 0) is 62.5 Å². The maximum absolute atomic E-state index is 13.3. The number of aromatic amines is 1. The van der Waals surface area contributed by atoms with Crippen molar-refractivity contribution in [3.63, 3.8) is 0 Å². The second-order valence-electron chi connectivity index (χ2n) is 6.95. The topological polar surface area (TPSA) is 55.5 Å². The second-order valence-corrected chi connectivity index (χ2v) is 6.95. The van der Waals surface area contributed by atoms with Gasteiger partial charge in [-0.2, -0.15) is 0 Å². The average molecular weight is 359 g/mol. The summed E-state index contributed by atoms with van der Waals surface area (Å²) < 4.78 is 13.3. The van der Waals surface area contributed by atoms with Crippen molar-refractivity contribution < 1.29 is 4.39 Å². The molecule has 1 aromatic heterocycles. The van der Waals surface area contributed by atoms with Crippen LogP contribution < -0.4 is 10.6 Å². The Hall–Kier alpha value is -2.08. The minimum atomic E-state index is -0.209. The van der Waals surface area contributed by atoms with Gasteiger partial charge >= 0.3 is 0 Å². The molecule has 0 radical (unpaired) electrons. The molecule has 3 N–H and O–H groups in total. The molecule has 142 valence electrons. The number of guanidine groups is 1. The molecule has 0 aliphatic carbocycles. The number of H-pyrrole nitrogens is 1. The third kappa shape index (κ3) is 4.75. The van der Waals surface area contributed by atoms with E-state index in [0.29, 0.717) is 5.92 Å². The Bertz CT molecular complexity index is 739. The van der Waals surface area contributed by atoms with E-state index in [9.17, 15) is 4.39 Å². The lowest BCUT2D eigenvalue weighted by atomic mass is 10.1. The summed E-state index contributed by atoms with van der Waals surface area (Å²) in [6.45, 7) is 10.3. The van der Waals surface area contributed by atoms with Crippen LogP contribution in [0.3, 0.4) is 0 Å². The minimum Gasteiger partial charge on any atom is -0.361 e. The third-order valence-corrected chi connectivity index (χ3v) is 5.09. The lowest BCUT2D eigenvalue weighted by Gasteiger charge is -2.14. The van der Waals surface area contributed by atoms with Crippen LogP contribution in [0.4, 0.5) is 4.39 Å². The Labute approximate surface area is 155 Å². The van der Waals surface area contributed by atoms with Crippen LogP contribution in [0.25, 0.3) is 10.9 Å². The van der Waals surface area contributed by atoms with Gasteiger partial charge < -0.3 is 20.5 Å². The summed E-state index contributed by atoms with van der Waals surface area (Å²) in [6, 6.07) is 4.90. The molecule has 2 heterocycles. The smallest absolute Gasteiger partial charge is 0.191 e. The standard InChI is InChI=1S/C20H30FN5/c1-3-22-20(25-12-15-8-10-26(4-2)14-15)23-9-7-16-13-24-19-11-17(21)5-6-18(16)19/h5-6,11,13,15,24H,3-4,7-10,12,14H2,1-2H3,(H2,22,23,25). The first-order chi connectivity index (χ1) is 12.7. The summed E-state index contributed by atoms with van der Waals surface area (Å²) in [7, 11) is 0. The number of likely N-dealkylation sites (tertiary alicyclic amines) is 1. The molecule has 2 aromatic rings. The van der Waals surface area contributed by atoms with Crippen LogP contribution in [0.15, 0.2) is 29.4 Å². The van der Waals surface area contributed by atoms with Crippen molar-refractivity contribution in [2.24, 2.45) is 10.9 Å². The minimum absolute atomic E-state index is 0.209. The van der Waals surface area contributed by atoms with Gasteiger partial charge in [0.25, 0.3) is 0 Å². The van der Waals surface area contributed by atoms with E-state index in [1.165, 1.54) is 24.6 Å². The highest BCUT2D eigenvalue weighted by molar-refractivity contribution is 5.83. The molecule has 1 unspecified atom stereocenters. The molecule has 0 bridgehead atoms. The molecule has 6 heteroatoms. The normalized spacial score (nSPS) is 18.6. The van der Waals surface area contributed by atoms with E-state index in [-0.39, 0.29) is 5.82 Å². The van der Waals surface area contributed by atoms with Gasteiger partial charge in [0.05, 0.1) is 0 Å². The molecule has 0 saturated carbocycles. The van der Waals surface area contributed by atoms with E-state index in [0.717, 1.165) is 56.0 Å². The van der Waals surface area contributed by atoms with Gasteiger partial charge in [0.1, 0.15) is 5.82 Å². The highest BCUT2D eigenvalue weighted by atomic mass is 19.1. The first kappa shape index (κ1) is 18.7. The highest BCUT2D eigenvalue weighted by Gasteiger charge is 2.20. The van der Waals surface area contributed by atoms with Gasteiger partial charge in [-0.25, -0.2) is 4.39 Å². The SMILES string of the molecule is CCNC(=NCC1CCN(CC)C1)NCCc1c[nH]c2cc(F)ccc12. The molecule has 26 heavy (non-hydrogen) atoms. The van der Waals surface area contributed by atoms with E-state index in [2.05, 4.69) is 34.4 Å². The molecule has 1 fully saturated rings. The van der Waals surface area contributed by atoms with Crippen LogP contribution >= 0.6 is 0 Å². The first-order valence-electron chi connectivity index (χ1n) is 9.69. The number of nitrogens with zero attached hydrogens (tertiary/aromatic N) is 2. The quantitative estimate of drug-likeness (QED) is 0.526. The summed E-state index contributed by atoms with van der Waals surface area (Å²) >= 11 is 0. The molecular weight excluding hydrogens is 329 g/mol. The first-order valence-corrected chi connectivity index (χ1v) is 9.69. The number of fused-ring (bicyclic) bond motifs is 1. The van der Waals surface area contributed by atoms with Gasteiger partial charge in [-0.15, -0.1) is 0 Å². The molecule has 0 amide bonds. The van der Waals surface area contributed by atoms with Gasteiger partial charge in [0.15, 0.2) is 5.96 Å². The molecule has 0 spiro atoms. The molecule has 1 atom stereocenters. The zero-order valence-electron chi connectivity index (χ0n) is 15.8. The summed E-state index contributed by atoms with van der Waals surface area (Å²) in [4.78, 5) is 10.4. The molecule has 1 aliphatic rings. The number of benzene rings is 1. The van der Waals surface area contributed by atoms with Crippen molar-refractivity contribution in [2.75, 3.05) is 39.3 Å². The summed E-state index contributed by atoms with van der Waals surface area (Å²) in [6.07, 6.45) is 4.07. The number of hydrogen-bond donors (Lipinski definition) is 3.